The van der Waals surface area contributed by atoms with Gasteiger partial charge in [0.15, 0.2) is 0 Å². The molecule has 4 nitrogen and oxygen atoms in total. The zero-order chi connectivity index (χ0) is 10.1. The summed E-state index contributed by atoms with van der Waals surface area (Å²) >= 11 is 0. The normalized spacial score (nSPS) is 33.1. The number of rotatable bonds is 2. The van der Waals surface area contributed by atoms with Gasteiger partial charge in [-0.1, -0.05) is 6.92 Å². The number of hydrogen-bond acceptors (Lipinski definition) is 3. The number of nitrogens with one attached hydrogen (secondary N) is 1. The third-order valence-electron chi connectivity index (χ3n) is 3.07. The molecule has 2 unspecified atom stereocenters. The third-order valence-corrected chi connectivity index (χ3v) is 3.07. The van der Waals surface area contributed by atoms with E-state index >= 15 is 0 Å². The van der Waals surface area contributed by atoms with Crippen molar-refractivity contribution in [1.82, 2.24) is 10.2 Å². The first-order valence-corrected chi connectivity index (χ1v) is 5.23. The molecular weight excluding hydrogens is 180 g/mol. The second-order valence-electron chi connectivity index (χ2n) is 4.31. The SMILES string of the molecule is CC1CC(=O)N(CC2CCNC2)C1=O. The van der Waals surface area contributed by atoms with Crippen molar-refractivity contribution in [3.63, 3.8) is 0 Å². The summed E-state index contributed by atoms with van der Waals surface area (Å²) in [6.45, 7) is 4.39. The maximum absolute atomic E-state index is 11.6. The molecule has 78 valence electrons. The van der Waals surface area contributed by atoms with Crippen LogP contribution in [0.2, 0.25) is 0 Å². The lowest BCUT2D eigenvalue weighted by Crippen LogP contribution is -2.35. The van der Waals surface area contributed by atoms with Crippen molar-refractivity contribution in [3.8, 4) is 0 Å². The smallest absolute Gasteiger partial charge is 0.232 e. The fraction of sp³-hybridized carbons (Fsp3) is 0.800. The Morgan fingerprint density at radius 1 is 1.50 bits per heavy atom. The predicted molar refractivity (Wildman–Crippen MR) is 51.5 cm³/mol. The van der Waals surface area contributed by atoms with Crippen LogP contribution in [0.4, 0.5) is 0 Å². The first-order chi connectivity index (χ1) is 6.68. The fourth-order valence-electron chi connectivity index (χ4n) is 2.17. The van der Waals surface area contributed by atoms with E-state index in [2.05, 4.69) is 5.32 Å². The van der Waals surface area contributed by atoms with Crippen LogP contribution in [0.15, 0.2) is 0 Å². The molecule has 2 saturated heterocycles. The lowest BCUT2D eigenvalue weighted by atomic mass is 10.1. The second kappa shape index (κ2) is 3.69. The molecule has 0 aromatic heterocycles. The van der Waals surface area contributed by atoms with E-state index in [1.165, 1.54) is 4.90 Å². The summed E-state index contributed by atoms with van der Waals surface area (Å²) in [5.41, 5.74) is 0. The maximum atomic E-state index is 11.6. The van der Waals surface area contributed by atoms with Gasteiger partial charge in [-0.2, -0.15) is 0 Å². The first-order valence-electron chi connectivity index (χ1n) is 5.23. The minimum Gasteiger partial charge on any atom is -0.316 e. The minimum absolute atomic E-state index is 0.00870. The van der Waals surface area contributed by atoms with E-state index < -0.39 is 0 Å². The number of carbonyl (C=O) groups excluding carboxylic acids is 2. The van der Waals surface area contributed by atoms with Crippen molar-refractivity contribution in [3.05, 3.63) is 0 Å². The highest BCUT2D eigenvalue weighted by Gasteiger charge is 2.36. The van der Waals surface area contributed by atoms with Gasteiger partial charge in [0.25, 0.3) is 0 Å². The molecule has 4 heteroatoms. The summed E-state index contributed by atoms with van der Waals surface area (Å²) in [6, 6.07) is 0. The molecule has 2 heterocycles. The highest BCUT2D eigenvalue weighted by atomic mass is 16.2. The Bertz CT molecular complexity index is 259. The molecule has 0 saturated carbocycles. The van der Waals surface area contributed by atoms with Gasteiger partial charge < -0.3 is 5.32 Å². The number of likely N-dealkylation sites (tertiary alicyclic amines) is 1. The summed E-state index contributed by atoms with van der Waals surface area (Å²) in [5, 5.41) is 3.24. The Morgan fingerprint density at radius 2 is 2.29 bits per heavy atom. The molecule has 0 aromatic carbocycles. The van der Waals surface area contributed by atoms with E-state index in [0.717, 1.165) is 19.5 Å². The molecule has 2 amide bonds. The van der Waals surface area contributed by atoms with E-state index in [4.69, 9.17) is 0 Å². The largest absolute Gasteiger partial charge is 0.316 e. The molecule has 0 bridgehead atoms. The average molecular weight is 196 g/mol. The molecule has 2 aliphatic rings. The molecule has 0 radical (unpaired) electrons. The molecule has 0 aliphatic carbocycles. The Kier molecular flexibility index (Phi) is 2.54. The van der Waals surface area contributed by atoms with Crippen LogP contribution < -0.4 is 5.32 Å². The minimum atomic E-state index is -0.100. The molecule has 1 N–H and O–H groups in total. The molecule has 14 heavy (non-hydrogen) atoms. The Morgan fingerprint density at radius 3 is 2.79 bits per heavy atom. The molecule has 0 spiro atoms. The van der Waals surface area contributed by atoms with Crippen LogP contribution in [0.3, 0.4) is 0 Å². The van der Waals surface area contributed by atoms with Gasteiger partial charge in [-0.3, -0.25) is 14.5 Å². The van der Waals surface area contributed by atoms with Gasteiger partial charge in [0.2, 0.25) is 11.8 Å². The first kappa shape index (κ1) is 9.65. The van der Waals surface area contributed by atoms with E-state index in [1.807, 2.05) is 6.92 Å². The van der Waals surface area contributed by atoms with Crippen molar-refractivity contribution in [2.45, 2.75) is 19.8 Å². The number of nitrogens with zero attached hydrogens (tertiary/aromatic N) is 1. The van der Waals surface area contributed by atoms with Crippen LogP contribution >= 0.6 is 0 Å². The fourth-order valence-corrected chi connectivity index (χ4v) is 2.17. The van der Waals surface area contributed by atoms with Crippen LogP contribution in [0, 0.1) is 11.8 Å². The molecule has 2 atom stereocenters. The van der Waals surface area contributed by atoms with Crippen LogP contribution in [0.5, 0.6) is 0 Å². The topological polar surface area (TPSA) is 49.4 Å². The monoisotopic (exact) mass is 196 g/mol. The van der Waals surface area contributed by atoms with Crippen molar-refractivity contribution in [2.75, 3.05) is 19.6 Å². The zero-order valence-corrected chi connectivity index (χ0v) is 8.45. The Hall–Kier alpha value is -0.900. The summed E-state index contributed by atoms with van der Waals surface area (Å²) in [6.07, 6.45) is 1.48. The molecule has 0 aromatic rings. The van der Waals surface area contributed by atoms with Gasteiger partial charge in [-0.15, -0.1) is 0 Å². The van der Waals surface area contributed by atoms with E-state index in [9.17, 15) is 9.59 Å². The molecule has 2 fully saturated rings. The highest BCUT2D eigenvalue weighted by Crippen LogP contribution is 2.21. The van der Waals surface area contributed by atoms with Gasteiger partial charge in [0, 0.05) is 18.9 Å². The summed E-state index contributed by atoms with van der Waals surface area (Å²) in [5.74, 6) is 0.390. The lowest BCUT2D eigenvalue weighted by Gasteiger charge is -2.18. The summed E-state index contributed by atoms with van der Waals surface area (Å²) in [7, 11) is 0. The van der Waals surface area contributed by atoms with Crippen LogP contribution in [-0.4, -0.2) is 36.3 Å². The van der Waals surface area contributed by atoms with Gasteiger partial charge in [0.05, 0.1) is 0 Å². The number of imide groups is 1. The lowest BCUT2D eigenvalue weighted by molar-refractivity contribution is -0.139. The molecular formula is C10H16N2O2. The number of hydrogen-bond donors (Lipinski definition) is 1. The number of amides is 2. The standard InChI is InChI=1S/C10H16N2O2/c1-7-4-9(13)12(10(7)14)6-8-2-3-11-5-8/h7-8,11H,2-6H2,1H3. The maximum Gasteiger partial charge on any atom is 0.232 e. The van der Waals surface area contributed by atoms with Crippen molar-refractivity contribution >= 4 is 11.8 Å². The average Bonchev–Trinajstić information content (AvgIpc) is 2.71. The Balaban J connectivity index is 1.96. The van der Waals surface area contributed by atoms with Crippen molar-refractivity contribution in [1.29, 1.82) is 0 Å². The van der Waals surface area contributed by atoms with Crippen LogP contribution in [0.25, 0.3) is 0 Å². The summed E-state index contributed by atoms with van der Waals surface area (Å²) in [4.78, 5) is 24.5. The van der Waals surface area contributed by atoms with Crippen LogP contribution in [0.1, 0.15) is 19.8 Å². The van der Waals surface area contributed by atoms with Crippen molar-refractivity contribution in [2.24, 2.45) is 11.8 Å². The summed E-state index contributed by atoms with van der Waals surface area (Å²) < 4.78 is 0. The van der Waals surface area contributed by atoms with E-state index in [-0.39, 0.29) is 17.7 Å². The van der Waals surface area contributed by atoms with Gasteiger partial charge in [-0.05, 0) is 25.4 Å². The molecule has 2 rings (SSSR count). The molecule has 2 aliphatic heterocycles. The quantitative estimate of drug-likeness (QED) is 0.632. The highest BCUT2D eigenvalue weighted by molar-refractivity contribution is 6.03. The van der Waals surface area contributed by atoms with Crippen molar-refractivity contribution < 1.29 is 9.59 Å². The van der Waals surface area contributed by atoms with Gasteiger partial charge >= 0.3 is 0 Å². The predicted octanol–water partition coefficient (Wildman–Crippen LogP) is -0.00910. The second-order valence-corrected chi connectivity index (χ2v) is 4.31. The number of carbonyl (C=O) groups is 2. The zero-order valence-electron chi connectivity index (χ0n) is 8.45. The third kappa shape index (κ3) is 1.66. The van der Waals surface area contributed by atoms with E-state index in [0.29, 0.717) is 18.9 Å². The van der Waals surface area contributed by atoms with E-state index in [1.54, 1.807) is 0 Å². The Labute approximate surface area is 83.6 Å². The van der Waals surface area contributed by atoms with Gasteiger partial charge in [-0.25, -0.2) is 0 Å². The van der Waals surface area contributed by atoms with Crippen LogP contribution in [-0.2, 0) is 9.59 Å². The van der Waals surface area contributed by atoms with Gasteiger partial charge in [0.1, 0.15) is 0 Å².